The number of dihydropyridines is 1. The molecule has 2 aliphatic heterocycles. The largest absolute Gasteiger partial charge is 0.485 e. The van der Waals surface area contributed by atoms with Crippen molar-refractivity contribution in [3.8, 4) is 0 Å². The van der Waals surface area contributed by atoms with E-state index in [1.807, 2.05) is 12.3 Å². The molecule has 0 saturated carbocycles. The van der Waals surface area contributed by atoms with Crippen LogP contribution in [0.1, 0.15) is 6.42 Å². The van der Waals surface area contributed by atoms with Crippen molar-refractivity contribution in [3.05, 3.63) is 58.3 Å². The van der Waals surface area contributed by atoms with Gasteiger partial charge in [-0.1, -0.05) is 12.2 Å². The van der Waals surface area contributed by atoms with E-state index in [-0.39, 0.29) is 6.10 Å². The first-order valence-electron chi connectivity index (χ1n) is 8.24. The molecule has 0 aromatic rings. The summed E-state index contributed by atoms with van der Waals surface area (Å²) in [5.41, 5.74) is 3.20. The van der Waals surface area contributed by atoms with Crippen molar-refractivity contribution in [2.75, 3.05) is 26.2 Å². The molecule has 0 radical (unpaired) electrons. The Morgan fingerprint density at radius 3 is 2.92 bits per heavy atom. The second kappa shape index (κ2) is 8.82. The van der Waals surface area contributed by atoms with Crippen LogP contribution in [0.4, 0.5) is 0 Å². The van der Waals surface area contributed by atoms with E-state index in [2.05, 4.69) is 60.7 Å². The van der Waals surface area contributed by atoms with Crippen LogP contribution in [-0.2, 0) is 4.74 Å². The highest BCUT2D eigenvalue weighted by Gasteiger charge is 2.24. The normalized spacial score (nSPS) is 22.4. The van der Waals surface area contributed by atoms with Crippen LogP contribution in [-0.4, -0.2) is 44.7 Å². The number of halogens is 1. The molecule has 7 heteroatoms. The van der Waals surface area contributed by atoms with Gasteiger partial charge >= 0.3 is 0 Å². The maximum Gasteiger partial charge on any atom is 0.156 e. The number of nitrogens with one attached hydrogen (secondary N) is 3. The zero-order chi connectivity index (χ0) is 17.5. The van der Waals surface area contributed by atoms with Gasteiger partial charge in [-0.25, -0.2) is 0 Å². The molecule has 0 atom stereocenters. The minimum absolute atomic E-state index is 0.247. The van der Waals surface area contributed by atoms with Crippen LogP contribution >= 0.6 is 15.9 Å². The maximum absolute atomic E-state index is 6.09. The SMILES string of the molecule is C=N/C=C\N=C1C=CC(CNC2=CNCC(Br)=C2OC2CNC2)=CC1. The second-order valence-electron chi connectivity index (χ2n) is 5.84. The predicted molar refractivity (Wildman–Crippen MR) is 106 cm³/mol. The lowest BCUT2D eigenvalue weighted by atomic mass is 10.1. The van der Waals surface area contributed by atoms with Gasteiger partial charge in [-0.15, -0.1) is 0 Å². The highest BCUT2D eigenvalue weighted by molar-refractivity contribution is 9.11. The van der Waals surface area contributed by atoms with Gasteiger partial charge in [0.05, 0.1) is 10.2 Å². The molecule has 1 fully saturated rings. The summed E-state index contributed by atoms with van der Waals surface area (Å²) in [6.07, 6.45) is 12.5. The summed E-state index contributed by atoms with van der Waals surface area (Å²) in [7, 11) is 0. The van der Waals surface area contributed by atoms with Gasteiger partial charge in [0.1, 0.15) is 6.10 Å². The number of rotatable bonds is 7. The van der Waals surface area contributed by atoms with E-state index < -0.39 is 0 Å². The molecule has 1 saturated heterocycles. The molecule has 6 nitrogen and oxygen atoms in total. The molecule has 132 valence electrons. The Bertz CT molecular complexity index is 698. The van der Waals surface area contributed by atoms with Gasteiger partial charge in [-0.2, -0.15) is 0 Å². The zero-order valence-corrected chi connectivity index (χ0v) is 15.6. The summed E-state index contributed by atoms with van der Waals surface area (Å²) in [6, 6.07) is 0. The van der Waals surface area contributed by atoms with Crippen molar-refractivity contribution < 1.29 is 4.74 Å². The first kappa shape index (κ1) is 17.7. The van der Waals surface area contributed by atoms with Crippen LogP contribution in [0.3, 0.4) is 0 Å². The number of hydrogen-bond acceptors (Lipinski definition) is 6. The zero-order valence-electron chi connectivity index (χ0n) is 14.0. The van der Waals surface area contributed by atoms with Crippen LogP contribution in [0.25, 0.3) is 0 Å². The molecule has 3 N–H and O–H groups in total. The van der Waals surface area contributed by atoms with Crippen LogP contribution in [0, 0.1) is 0 Å². The van der Waals surface area contributed by atoms with Crippen LogP contribution < -0.4 is 16.0 Å². The monoisotopic (exact) mass is 403 g/mol. The van der Waals surface area contributed by atoms with Gasteiger partial charge in [-0.05, 0) is 34.3 Å². The first-order chi connectivity index (χ1) is 12.3. The molecule has 3 aliphatic rings. The third-order valence-corrected chi connectivity index (χ3v) is 4.62. The van der Waals surface area contributed by atoms with Crippen LogP contribution in [0.2, 0.25) is 0 Å². The molecule has 0 spiro atoms. The lowest BCUT2D eigenvalue weighted by molar-refractivity contribution is 0.0731. The van der Waals surface area contributed by atoms with Gasteiger partial charge in [0.2, 0.25) is 0 Å². The molecule has 0 bridgehead atoms. The summed E-state index contributed by atoms with van der Waals surface area (Å²) < 4.78 is 7.12. The molecule has 0 amide bonds. The summed E-state index contributed by atoms with van der Waals surface area (Å²) in [5, 5.41) is 9.93. The number of ether oxygens (including phenoxy) is 1. The van der Waals surface area contributed by atoms with Crippen LogP contribution in [0.5, 0.6) is 0 Å². The standard InChI is InChI=1S/C18H22BrN5O/c1-20-6-7-23-14-4-2-13(3-5-14)8-24-17-12-22-11-16(19)18(17)25-15-9-21-10-15/h2-4,6-7,12,15,21-22,24H,1,5,8-11H2/b7-6-,23-14?. The van der Waals surface area contributed by atoms with E-state index in [9.17, 15) is 0 Å². The number of aliphatic imine (C=N–C) groups is 2. The predicted octanol–water partition coefficient (Wildman–Crippen LogP) is 2.11. The summed E-state index contributed by atoms with van der Waals surface area (Å²) in [5.74, 6) is 0.898. The van der Waals surface area contributed by atoms with Gasteiger partial charge in [0.25, 0.3) is 0 Å². The third kappa shape index (κ3) is 4.93. The quantitative estimate of drug-likeness (QED) is 0.569. The number of hydrogen-bond donors (Lipinski definition) is 3. The number of allylic oxidation sites excluding steroid dienone is 2. The molecule has 25 heavy (non-hydrogen) atoms. The molecule has 0 unspecified atom stereocenters. The smallest absolute Gasteiger partial charge is 0.156 e. The van der Waals surface area contributed by atoms with Crippen molar-refractivity contribution in [1.82, 2.24) is 16.0 Å². The Balaban J connectivity index is 1.55. The highest BCUT2D eigenvalue weighted by Crippen LogP contribution is 2.24. The molecular weight excluding hydrogens is 382 g/mol. The van der Waals surface area contributed by atoms with Crippen LogP contribution in [0.15, 0.2) is 68.3 Å². The van der Waals surface area contributed by atoms with Gasteiger partial charge in [0.15, 0.2) is 5.76 Å². The van der Waals surface area contributed by atoms with E-state index in [1.165, 1.54) is 5.57 Å². The lowest BCUT2D eigenvalue weighted by Crippen LogP contribution is -2.49. The van der Waals surface area contributed by atoms with Crippen molar-refractivity contribution in [2.45, 2.75) is 12.5 Å². The van der Waals surface area contributed by atoms with Crippen molar-refractivity contribution in [1.29, 1.82) is 0 Å². The fourth-order valence-corrected chi connectivity index (χ4v) is 2.95. The van der Waals surface area contributed by atoms with Crippen molar-refractivity contribution in [2.24, 2.45) is 9.98 Å². The average molecular weight is 404 g/mol. The maximum atomic E-state index is 6.09. The van der Waals surface area contributed by atoms with E-state index in [0.717, 1.165) is 54.3 Å². The van der Waals surface area contributed by atoms with Gasteiger partial charge < -0.3 is 20.7 Å². The number of nitrogens with zero attached hydrogens (tertiary/aromatic N) is 2. The van der Waals surface area contributed by atoms with E-state index in [0.29, 0.717) is 0 Å². The minimum Gasteiger partial charge on any atom is -0.485 e. The highest BCUT2D eigenvalue weighted by atomic mass is 79.9. The average Bonchev–Trinajstić information content (AvgIpc) is 2.59. The Morgan fingerprint density at radius 1 is 1.36 bits per heavy atom. The summed E-state index contributed by atoms with van der Waals surface area (Å²) in [6.45, 7) is 6.66. The Hall–Kier alpha value is -2.12. The molecule has 3 rings (SSSR count). The topological polar surface area (TPSA) is 70.0 Å². The third-order valence-electron chi connectivity index (χ3n) is 3.98. The summed E-state index contributed by atoms with van der Waals surface area (Å²) in [4.78, 5) is 7.95. The van der Waals surface area contributed by atoms with Gasteiger partial charge in [0, 0.05) is 56.9 Å². The molecule has 0 aromatic carbocycles. The Labute approximate surface area is 156 Å². The van der Waals surface area contributed by atoms with Crippen molar-refractivity contribution >= 4 is 28.4 Å². The molecule has 2 heterocycles. The van der Waals surface area contributed by atoms with E-state index in [1.54, 1.807) is 12.4 Å². The summed E-state index contributed by atoms with van der Waals surface area (Å²) >= 11 is 3.61. The fraction of sp³-hybridized carbons (Fsp3) is 0.333. The fourth-order valence-electron chi connectivity index (χ4n) is 2.48. The van der Waals surface area contributed by atoms with Crippen molar-refractivity contribution in [3.63, 3.8) is 0 Å². The Morgan fingerprint density at radius 2 is 2.24 bits per heavy atom. The second-order valence-corrected chi connectivity index (χ2v) is 6.80. The molecular formula is C18H22BrN5O. The van der Waals surface area contributed by atoms with Gasteiger partial charge in [-0.3, -0.25) is 9.98 Å². The minimum atomic E-state index is 0.247. The first-order valence-corrected chi connectivity index (χ1v) is 9.04. The van der Waals surface area contributed by atoms with E-state index in [4.69, 9.17) is 4.74 Å². The molecule has 1 aliphatic carbocycles. The molecule has 0 aromatic heterocycles. The van der Waals surface area contributed by atoms with E-state index >= 15 is 0 Å². The Kier molecular flexibility index (Phi) is 6.25. The lowest BCUT2D eigenvalue weighted by Gasteiger charge is -2.31.